The van der Waals surface area contributed by atoms with Crippen LogP contribution in [0.2, 0.25) is 0 Å². The summed E-state index contributed by atoms with van der Waals surface area (Å²) in [5, 5.41) is 2.52. The Labute approximate surface area is 168 Å². The van der Waals surface area contributed by atoms with Crippen LogP contribution < -0.4 is 9.64 Å². The molecule has 144 valence electrons. The van der Waals surface area contributed by atoms with E-state index >= 15 is 0 Å². The second-order valence-corrected chi connectivity index (χ2v) is 7.54. The summed E-state index contributed by atoms with van der Waals surface area (Å²) in [5.41, 5.74) is 5.46. The van der Waals surface area contributed by atoms with Crippen molar-refractivity contribution in [1.29, 1.82) is 0 Å². The number of rotatable bonds is 6. The maximum absolute atomic E-state index is 12.4. The highest BCUT2D eigenvalue weighted by Gasteiger charge is 2.21. The van der Waals surface area contributed by atoms with Gasteiger partial charge in [-0.2, -0.15) is 0 Å². The van der Waals surface area contributed by atoms with Gasteiger partial charge in [0.2, 0.25) is 5.91 Å². The van der Waals surface area contributed by atoms with Crippen molar-refractivity contribution in [3.63, 3.8) is 0 Å². The SMILES string of the molecule is CC(=O)N(c1nc(COc2ccc(C=O)cc2)cs1)c1c(C)cc(C)cc1C. The highest BCUT2D eigenvalue weighted by Crippen LogP contribution is 2.34. The van der Waals surface area contributed by atoms with Gasteiger partial charge in [0.05, 0.1) is 11.4 Å². The fraction of sp³-hybridized carbons (Fsp3) is 0.227. The first-order chi connectivity index (χ1) is 13.4. The number of carbonyl (C=O) groups excluding carboxylic acids is 2. The lowest BCUT2D eigenvalue weighted by atomic mass is 10.0. The number of anilines is 2. The van der Waals surface area contributed by atoms with Gasteiger partial charge in [0.25, 0.3) is 0 Å². The Kier molecular flexibility index (Phi) is 5.90. The van der Waals surface area contributed by atoms with Crippen molar-refractivity contribution in [2.75, 3.05) is 4.90 Å². The molecular formula is C22H22N2O3S. The highest BCUT2D eigenvalue weighted by molar-refractivity contribution is 7.14. The number of benzene rings is 2. The highest BCUT2D eigenvalue weighted by atomic mass is 32.1. The molecule has 1 heterocycles. The predicted octanol–water partition coefficient (Wildman–Crippen LogP) is 5.14. The van der Waals surface area contributed by atoms with E-state index < -0.39 is 0 Å². The largest absolute Gasteiger partial charge is 0.487 e. The van der Waals surface area contributed by atoms with Crippen LogP contribution in [0, 0.1) is 20.8 Å². The van der Waals surface area contributed by atoms with Gasteiger partial charge in [-0.3, -0.25) is 14.5 Å². The molecule has 0 fully saturated rings. The van der Waals surface area contributed by atoms with Crippen LogP contribution in [0.5, 0.6) is 5.75 Å². The van der Waals surface area contributed by atoms with Gasteiger partial charge in [0.1, 0.15) is 18.6 Å². The summed E-state index contributed by atoms with van der Waals surface area (Å²) in [6.45, 7) is 7.89. The van der Waals surface area contributed by atoms with Gasteiger partial charge in [0, 0.05) is 17.9 Å². The van der Waals surface area contributed by atoms with Crippen LogP contribution in [0.1, 0.15) is 39.7 Å². The Balaban J connectivity index is 1.82. The number of carbonyl (C=O) groups is 2. The smallest absolute Gasteiger partial charge is 0.230 e. The number of aldehydes is 1. The molecule has 0 aliphatic heterocycles. The summed E-state index contributed by atoms with van der Waals surface area (Å²) in [7, 11) is 0. The van der Waals surface area contributed by atoms with Crippen molar-refractivity contribution < 1.29 is 14.3 Å². The van der Waals surface area contributed by atoms with Crippen LogP contribution in [-0.2, 0) is 11.4 Å². The average molecular weight is 394 g/mol. The van der Waals surface area contributed by atoms with E-state index in [-0.39, 0.29) is 12.5 Å². The molecule has 0 saturated heterocycles. The molecule has 28 heavy (non-hydrogen) atoms. The molecular weight excluding hydrogens is 372 g/mol. The van der Waals surface area contributed by atoms with Crippen molar-refractivity contribution in [3.8, 4) is 5.75 Å². The molecule has 0 saturated carbocycles. The van der Waals surface area contributed by atoms with E-state index in [1.165, 1.54) is 11.3 Å². The maximum Gasteiger partial charge on any atom is 0.230 e. The molecule has 0 N–H and O–H groups in total. The molecule has 1 aromatic heterocycles. The number of aromatic nitrogens is 1. The van der Waals surface area contributed by atoms with Gasteiger partial charge in [-0.1, -0.05) is 17.7 Å². The third kappa shape index (κ3) is 4.28. The minimum atomic E-state index is -0.0821. The first-order valence-corrected chi connectivity index (χ1v) is 9.78. The molecule has 3 aromatic rings. The van der Waals surface area contributed by atoms with Gasteiger partial charge in [0.15, 0.2) is 5.13 Å². The monoisotopic (exact) mass is 394 g/mol. The van der Waals surface area contributed by atoms with Gasteiger partial charge in [-0.15, -0.1) is 11.3 Å². The molecule has 3 rings (SSSR count). The molecule has 0 spiro atoms. The lowest BCUT2D eigenvalue weighted by Crippen LogP contribution is -2.24. The normalized spacial score (nSPS) is 10.6. The molecule has 0 bridgehead atoms. The lowest BCUT2D eigenvalue weighted by molar-refractivity contribution is -0.115. The van der Waals surface area contributed by atoms with Gasteiger partial charge >= 0.3 is 0 Å². The average Bonchev–Trinajstić information content (AvgIpc) is 3.11. The fourth-order valence-electron chi connectivity index (χ4n) is 3.18. The van der Waals surface area contributed by atoms with Gasteiger partial charge in [-0.25, -0.2) is 4.98 Å². The zero-order chi connectivity index (χ0) is 20.3. The molecule has 0 aliphatic rings. The maximum atomic E-state index is 12.4. The summed E-state index contributed by atoms with van der Waals surface area (Å²) in [6.07, 6.45) is 0.794. The summed E-state index contributed by atoms with van der Waals surface area (Å²) in [6, 6.07) is 11.0. The number of amides is 1. The standard InChI is InChI=1S/C22H22N2O3S/c1-14-9-15(2)21(16(3)10-14)24(17(4)26)22-23-19(13-28-22)12-27-20-7-5-18(11-25)6-8-20/h5-11,13H,12H2,1-4H3. The van der Waals surface area contributed by atoms with E-state index in [1.807, 2.05) is 26.2 Å². The van der Waals surface area contributed by atoms with E-state index in [0.717, 1.165) is 34.4 Å². The summed E-state index contributed by atoms with van der Waals surface area (Å²) in [4.78, 5) is 29.4. The zero-order valence-electron chi connectivity index (χ0n) is 16.4. The molecule has 6 heteroatoms. The molecule has 0 unspecified atom stereocenters. The molecule has 1 amide bonds. The van der Waals surface area contributed by atoms with Crippen LogP contribution in [0.4, 0.5) is 10.8 Å². The Morgan fingerprint density at radius 1 is 1.14 bits per heavy atom. The number of nitrogens with zero attached hydrogens (tertiary/aromatic N) is 2. The fourth-order valence-corrected chi connectivity index (χ4v) is 4.04. The second kappa shape index (κ2) is 8.35. The lowest BCUT2D eigenvalue weighted by Gasteiger charge is -2.23. The van der Waals surface area contributed by atoms with Crippen molar-refractivity contribution in [3.05, 3.63) is 69.7 Å². The minimum absolute atomic E-state index is 0.0821. The summed E-state index contributed by atoms with van der Waals surface area (Å²) < 4.78 is 5.74. The number of hydrogen-bond acceptors (Lipinski definition) is 5. The van der Waals surface area contributed by atoms with Crippen molar-refractivity contribution in [2.45, 2.75) is 34.3 Å². The third-order valence-corrected chi connectivity index (χ3v) is 5.18. The first kappa shape index (κ1) is 19.8. The molecule has 0 atom stereocenters. The zero-order valence-corrected chi connectivity index (χ0v) is 17.2. The Morgan fingerprint density at radius 3 is 2.36 bits per heavy atom. The van der Waals surface area contributed by atoms with Gasteiger partial charge in [-0.05, 0) is 56.2 Å². The number of aryl methyl sites for hydroxylation is 3. The first-order valence-electron chi connectivity index (χ1n) is 8.90. The predicted molar refractivity (Wildman–Crippen MR) is 112 cm³/mol. The summed E-state index contributed by atoms with van der Waals surface area (Å²) >= 11 is 1.41. The number of thiazole rings is 1. The van der Waals surface area contributed by atoms with Gasteiger partial charge < -0.3 is 4.74 Å². The van der Waals surface area contributed by atoms with Crippen LogP contribution in [0.25, 0.3) is 0 Å². The van der Waals surface area contributed by atoms with E-state index in [2.05, 4.69) is 17.1 Å². The topological polar surface area (TPSA) is 59.5 Å². The van der Waals surface area contributed by atoms with Crippen LogP contribution in [0.3, 0.4) is 0 Å². The van der Waals surface area contributed by atoms with Crippen molar-refractivity contribution in [1.82, 2.24) is 4.98 Å². The van der Waals surface area contributed by atoms with E-state index in [0.29, 0.717) is 16.4 Å². The van der Waals surface area contributed by atoms with Crippen LogP contribution in [-0.4, -0.2) is 17.2 Å². The Morgan fingerprint density at radius 2 is 1.79 bits per heavy atom. The number of hydrogen-bond donors (Lipinski definition) is 0. The third-order valence-electron chi connectivity index (χ3n) is 4.31. The molecule has 0 radical (unpaired) electrons. The van der Waals surface area contributed by atoms with E-state index in [4.69, 9.17) is 4.74 Å². The molecule has 0 aliphatic carbocycles. The summed E-state index contributed by atoms with van der Waals surface area (Å²) in [5.74, 6) is 0.579. The van der Waals surface area contributed by atoms with Crippen molar-refractivity contribution >= 4 is 34.3 Å². The van der Waals surface area contributed by atoms with E-state index in [9.17, 15) is 9.59 Å². The van der Waals surface area contributed by atoms with E-state index in [1.54, 1.807) is 36.1 Å². The number of ether oxygens (including phenoxy) is 1. The van der Waals surface area contributed by atoms with Crippen LogP contribution >= 0.6 is 11.3 Å². The minimum Gasteiger partial charge on any atom is -0.487 e. The second-order valence-electron chi connectivity index (χ2n) is 6.70. The van der Waals surface area contributed by atoms with Crippen LogP contribution in [0.15, 0.2) is 41.8 Å². The Hall–Kier alpha value is -2.99. The molecule has 2 aromatic carbocycles. The molecule has 5 nitrogen and oxygen atoms in total. The Bertz CT molecular complexity index is 986. The van der Waals surface area contributed by atoms with Crippen molar-refractivity contribution in [2.24, 2.45) is 0 Å². The quantitative estimate of drug-likeness (QED) is 0.543.